The number of aliphatic hydroxyl groups is 1. The summed E-state index contributed by atoms with van der Waals surface area (Å²) in [6.45, 7) is 3.72. The smallest absolute Gasteiger partial charge is 0.220 e. The first-order chi connectivity index (χ1) is 8.58. The summed E-state index contributed by atoms with van der Waals surface area (Å²) >= 11 is 0. The van der Waals surface area contributed by atoms with Gasteiger partial charge in [-0.1, -0.05) is 30.3 Å². The normalized spacial score (nSPS) is 13.9. The van der Waals surface area contributed by atoms with Gasteiger partial charge in [-0.2, -0.15) is 0 Å². The average Bonchev–Trinajstić information content (AvgIpc) is 2.35. The molecule has 0 heterocycles. The maximum atomic E-state index is 11.5. The highest BCUT2D eigenvalue weighted by molar-refractivity contribution is 5.76. The van der Waals surface area contributed by atoms with E-state index in [1.165, 1.54) is 5.56 Å². The highest BCUT2D eigenvalue weighted by Gasteiger charge is 2.08. The Morgan fingerprint density at radius 2 is 1.89 bits per heavy atom. The number of nitrogens with one attached hydrogen (secondary N) is 1. The van der Waals surface area contributed by atoms with Crippen molar-refractivity contribution in [2.75, 3.05) is 0 Å². The van der Waals surface area contributed by atoms with Gasteiger partial charge in [-0.05, 0) is 38.7 Å². The minimum absolute atomic E-state index is 0.0245. The standard InChI is InChI=1S/C15H23NO2/c1-12(16-15(18)11-9-13(2)17)8-10-14-6-4-3-5-7-14/h3-7,12-13,17H,8-11H2,1-2H3,(H,16,18). The lowest BCUT2D eigenvalue weighted by Crippen LogP contribution is -2.33. The van der Waals surface area contributed by atoms with E-state index in [9.17, 15) is 4.79 Å². The van der Waals surface area contributed by atoms with Crippen LogP contribution in [-0.2, 0) is 11.2 Å². The fraction of sp³-hybridized carbons (Fsp3) is 0.533. The topological polar surface area (TPSA) is 49.3 Å². The van der Waals surface area contributed by atoms with Gasteiger partial charge < -0.3 is 10.4 Å². The highest BCUT2D eigenvalue weighted by atomic mass is 16.3. The molecule has 3 heteroatoms. The van der Waals surface area contributed by atoms with Crippen molar-refractivity contribution in [2.45, 2.75) is 51.7 Å². The zero-order valence-electron chi connectivity index (χ0n) is 11.2. The van der Waals surface area contributed by atoms with E-state index in [-0.39, 0.29) is 11.9 Å². The molecule has 1 aromatic carbocycles. The largest absolute Gasteiger partial charge is 0.393 e. The van der Waals surface area contributed by atoms with E-state index in [1.807, 2.05) is 25.1 Å². The van der Waals surface area contributed by atoms with Gasteiger partial charge in [0, 0.05) is 12.5 Å². The zero-order valence-corrected chi connectivity index (χ0v) is 11.2. The summed E-state index contributed by atoms with van der Waals surface area (Å²) in [5, 5.41) is 12.1. The van der Waals surface area contributed by atoms with Crippen molar-refractivity contribution < 1.29 is 9.90 Å². The number of aryl methyl sites for hydroxylation is 1. The van der Waals surface area contributed by atoms with E-state index in [4.69, 9.17) is 5.11 Å². The van der Waals surface area contributed by atoms with Crippen LogP contribution in [0.5, 0.6) is 0 Å². The van der Waals surface area contributed by atoms with Crippen molar-refractivity contribution in [1.82, 2.24) is 5.32 Å². The molecule has 0 aromatic heterocycles. The Labute approximate surface area is 109 Å². The summed E-state index contributed by atoms with van der Waals surface area (Å²) in [4.78, 5) is 11.5. The number of carbonyl (C=O) groups is 1. The number of hydrogen-bond donors (Lipinski definition) is 2. The molecule has 2 N–H and O–H groups in total. The summed E-state index contributed by atoms with van der Waals surface area (Å²) in [5.74, 6) is 0.0245. The van der Waals surface area contributed by atoms with Crippen molar-refractivity contribution in [2.24, 2.45) is 0 Å². The van der Waals surface area contributed by atoms with Crippen molar-refractivity contribution in [3.05, 3.63) is 35.9 Å². The van der Waals surface area contributed by atoms with Gasteiger partial charge in [0.05, 0.1) is 6.10 Å². The third-order valence-corrected chi connectivity index (χ3v) is 2.91. The van der Waals surface area contributed by atoms with E-state index < -0.39 is 6.10 Å². The second-order valence-corrected chi connectivity index (χ2v) is 4.88. The monoisotopic (exact) mass is 249 g/mol. The number of hydrogen-bond acceptors (Lipinski definition) is 2. The van der Waals surface area contributed by atoms with Gasteiger partial charge in [-0.3, -0.25) is 4.79 Å². The summed E-state index contributed by atoms with van der Waals surface area (Å²) in [7, 11) is 0. The maximum absolute atomic E-state index is 11.5. The van der Waals surface area contributed by atoms with E-state index in [1.54, 1.807) is 6.92 Å². The average molecular weight is 249 g/mol. The molecule has 1 aromatic rings. The maximum Gasteiger partial charge on any atom is 0.220 e. The fourth-order valence-electron chi connectivity index (χ4n) is 1.79. The van der Waals surface area contributed by atoms with Crippen LogP contribution in [0.4, 0.5) is 0 Å². The molecule has 0 saturated heterocycles. The third kappa shape index (κ3) is 6.40. The molecule has 100 valence electrons. The van der Waals surface area contributed by atoms with Gasteiger partial charge >= 0.3 is 0 Å². The van der Waals surface area contributed by atoms with Gasteiger partial charge in [-0.25, -0.2) is 0 Å². The van der Waals surface area contributed by atoms with E-state index >= 15 is 0 Å². The van der Waals surface area contributed by atoms with Crippen LogP contribution in [0, 0.1) is 0 Å². The molecule has 0 fully saturated rings. The Balaban J connectivity index is 2.21. The molecule has 2 atom stereocenters. The first kappa shape index (κ1) is 14.7. The van der Waals surface area contributed by atoms with Crippen molar-refractivity contribution in [3.63, 3.8) is 0 Å². The Hall–Kier alpha value is -1.35. The Morgan fingerprint density at radius 3 is 2.50 bits per heavy atom. The van der Waals surface area contributed by atoms with Crippen LogP contribution in [0.1, 0.15) is 38.7 Å². The van der Waals surface area contributed by atoms with Crippen LogP contribution in [0.15, 0.2) is 30.3 Å². The number of benzene rings is 1. The predicted octanol–water partition coefficient (Wildman–Crippen LogP) is 2.28. The second kappa shape index (κ2) is 7.88. The van der Waals surface area contributed by atoms with E-state index in [0.29, 0.717) is 12.8 Å². The lowest BCUT2D eigenvalue weighted by atomic mass is 10.1. The van der Waals surface area contributed by atoms with Gasteiger partial charge in [-0.15, -0.1) is 0 Å². The molecule has 0 saturated carbocycles. The van der Waals surface area contributed by atoms with E-state index in [0.717, 1.165) is 12.8 Å². The van der Waals surface area contributed by atoms with Crippen molar-refractivity contribution in [3.8, 4) is 0 Å². The lowest BCUT2D eigenvalue weighted by Gasteiger charge is -2.14. The molecule has 0 aliphatic carbocycles. The molecule has 0 bridgehead atoms. The van der Waals surface area contributed by atoms with Crippen LogP contribution in [0.3, 0.4) is 0 Å². The van der Waals surface area contributed by atoms with Crippen molar-refractivity contribution in [1.29, 1.82) is 0 Å². The van der Waals surface area contributed by atoms with Crippen LogP contribution < -0.4 is 5.32 Å². The number of rotatable bonds is 7. The third-order valence-electron chi connectivity index (χ3n) is 2.91. The summed E-state index contributed by atoms with van der Waals surface area (Å²) in [6.07, 6.45) is 2.42. The summed E-state index contributed by atoms with van der Waals surface area (Å²) in [5.41, 5.74) is 1.29. The van der Waals surface area contributed by atoms with Crippen LogP contribution in [-0.4, -0.2) is 23.2 Å². The van der Waals surface area contributed by atoms with Crippen LogP contribution in [0.2, 0.25) is 0 Å². The fourth-order valence-corrected chi connectivity index (χ4v) is 1.79. The minimum Gasteiger partial charge on any atom is -0.393 e. The van der Waals surface area contributed by atoms with Gasteiger partial charge in [0.15, 0.2) is 0 Å². The number of aliphatic hydroxyl groups excluding tert-OH is 1. The molecule has 0 aliphatic heterocycles. The molecular weight excluding hydrogens is 226 g/mol. The molecule has 0 radical (unpaired) electrons. The minimum atomic E-state index is -0.407. The van der Waals surface area contributed by atoms with Crippen molar-refractivity contribution >= 4 is 5.91 Å². The molecular formula is C15H23NO2. The quantitative estimate of drug-likeness (QED) is 0.779. The molecule has 2 unspecified atom stereocenters. The molecule has 3 nitrogen and oxygen atoms in total. The number of carbonyl (C=O) groups excluding carboxylic acids is 1. The van der Waals surface area contributed by atoms with Gasteiger partial charge in [0.2, 0.25) is 5.91 Å². The lowest BCUT2D eigenvalue weighted by molar-refractivity contribution is -0.122. The summed E-state index contributed by atoms with van der Waals surface area (Å²) in [6, 6.07) is 10.4. The van der Waals surface area contributed by atoms with Gasteiger partial charge in [0.1, 0.15) is 0 Å². The molecule has 18 heavy (non-hydrogen) atoms. The van der Waals surface area contributed by atoms with Gasteiger partial charge in [0.25, 0.3) is 0 Å². The SMILES string of the molecule is CC(O)CCC(=O)NC(C)CCc1ccccc1. The Morgan fingerprint density at radius 1 is 1.22 bits per heavy atom. The van der Waals surface area contributed by atoms with Crippen LogP contribution in [0.25, 0.3) is 0 Å². The molecule has 1 rings (SSSR count). The predicted molar refractivity (Wildman–Crippen MR) is 73.3 cm³/mol. The zero-order chi connectivity index (χ0) is 13.4. The van der Waals surface area contributed by atoms with E-state index in [2.05, 4.69) is 17.4 Å². The highest BCUT2D eigenvalue weighted by Crippen LogP contribution is 2.05. The molecule has 0 spiro atoms. The molecule has 0 aliphatic rings. The Bertz CT molecular complexity index is 349. The summed E-state index contributed by atoms with van der Waals surface area (Å²) < 4.78 is 0. The first-order valence-electron chi connectivity index (χ1n) is 6.59. The molecule has 1 amide bonds. The second-order valence-electron chi connectivity index (χ2n) is 4.88. The van der Waals surface area contributed by atoms with Crippen LogP contribution >= 0.6 is 0 Å². The number of amides is 1. The Kier molecular flexibility index (Phi) is 6.44. The first-order valence-corrected chi connectivity index (χ1v) is 6.59.